The third kappa shape index (κ3) is 3.32. The molecule has 0 bridgehead atoms. The first kappa shape index (κ1) is 12.6. The van der Waals surface area contributed by atoms with Crippen molar-refractivity contribution < 1.29 is 0 Å². The fourth-order valence-electron chi connectivity index (χ4n) is 2.49. The van der Waals surface area contributed by atoms with Gasteiger partial charge >= 0.3 is 0 Å². The zero-order valence-corrected chi connectivity index (χ0v) is 11.1. The summed E-state index contributed by atoms with van der Waals surface area (Å²) in [5.74, 6) is 1.65. The van der Waals surface area contributed by atoms with Crippen LogP contribution in [0.25, 0.3) is 0 Å². The largest absolute Gasteiger partial charge is 0.369 e. The zero-order valence-electron chi connectivity index (χ0n) is 10.4. The second-order valence-corrected chi connectivity index (χ2v) is 5.36. The van der Waals surface area contributed by atoms with Crippen molar-refractivity contribution >= 4 is 17.4 Å². The number of hydrogen-bond donors (Lipinski definition) is 1. The lowest BCUT2D eigenvalue weighted by molar-refractivity contribution is 0.238. The van der Waals surface area contributed by atoms with Crippen molar-refractivity contribution in [2.24, 2.45) is 5.41 Å². The molecule has 0 amide bonds. The minimum Gasteiger partial charge on any atom is -0.369 e. The Labute approximate surface area is 108 Å². The zero-order chi connectivity index (χ0) is 12.1. The maximum absolute atomic E-state index is 6.16. The van der Waals surface area contributed by atoms with Crippen LogP contribution in [0.1, 0.15) is 37.8 Å². The number of rotatable bonds is 4. The van der Waals surface area contributed by atoms with E-state index in [2.05, 4.69) is 15.3 Å². The lowest BCUT2D eigenvalue weighted by Gasteiger charge is -2.35. The van der Waals surface area contributed by atoms with Crippen LogP contribution < -0.4 is 5.32 Å². The van der Waals surface area contributed by atoms with Crippen LogP contribution in [0.3, 0.4) is 0 Å². The summed E-state index contributed by atoms with van der Waals surface area (Å²) in [6.45, 7) is 2.90. The van der Waals surface area contributed by atoms with Crippen LogP contribution in [-0.2, 0) is 0 Å². The molecule has 3 nitrogen and oxygen atoms in total. The Balaban J connectivity index is 1.95. The fourth-order valence-corrected chi connectivity index (χ4v) is 2.85. The molecule has 1 aromatic heterocycles. The first-order chi connectivity index (χ1) is 8.24. The molecule has 0 aliphatic heterocycles. The van der Waals surface area contributed by atoms with Gasteiger partial charge in [0.2, 0.25) is 0 Å². The number of halogens is 1. The van der Waals surface area contributed by atoms with Crippen molar-refractivity contribution in [1.29, 1.82) is 0 Å². The number of nitrogens with zero attached hydrogens (tertiary/aromatic N) is 2. The van der Waals surface area contributed by atoms with E-state index < -0.39 is 0 Å². The molecular weight excluding hydrogens is 234 g/mol. The van der Waals surface area contributed by atoms with E-state index in [1.54, 1.807) is 6.33 Å². The van der Waals surface area contributed by atoms with Gasteiger partial charge in [0, 0.05) is 29.6 Å². The second kappa shape index (κ2) is 5.67. The quantitative estimate of drug-likeness (QED) is 0.836. The number of aryl methyl sites for hydroxylation is 1. The highest BCUT2D eigenvalue weighted by Crippen LogP contribution is 2.37. The van der Waals surface area contributed by atoms with Gasteiger partial charge in [0.05, 0.1) is 0 Å². The molecule has 0 unspecified atom stereocenters. The molecule has 0 spiro atoms. The van der Waals surface area contributed by atoms with Crippen LogP contribution in [0.4, 0.5) is 5.82 Å². The van der Waals surface area contributed by atoms with Gasteiger partial charge in [0.25, 0.3) is 0 Å². The Morgan fingerprint density at radius 2 is 2.06 bits per heavy atom. The Morgan fingerprint density at radius 3 is 2.71 bits per heavy atom. The Bertz CT molecular complexity index is 361. The Hall–Kier alpha value is -0.830. The average Bonchev–Trinajstić information content (AvgIpc) is 2.38. The van der Waals surface area contributed by atoms with Gasteiger partial charge in [-0.2, -0.15) is 0 Å². The van der Waals surface area contributed by atoms with Gasteiger partial charge in [-0.25, -0.2) is 9.97 Å². The summed E-state index contributed by atoms with van der Waals surface area (Å²) in [7, 11) is 0. The molecule has 0 saturated heterocycles. The second-order valence-electron chi connectivity index (χ2n) is 5.09. The maximum Gasteiger partial charge on any atom is 0.129 e. The van der Waals surface area contributed by atoms with E-state index in [-0.39, 0.29) is 5.41 Å². The van der Waals surface area contributed by atoms with Gasteiger partial charge in [-0.05, 0) is 19.8 Å². The minimum atomic E-state index is 0.263. The van der Waals surface area contributed by atoms with Gasteiger partial charge in [-0.15, -0.1) is 11.6 Å². The summed E-state index contributed by atoms with van der Waals surface area (Å²) in [6, 6.07) is 1.98. The normalized spacial score (nSPS) is 18.9. The first-order valence-electron chi connectivity index (χ1n) is 6.33. The van der Waals surface area contributed by atoms with E-state index in [0.717, 1.165) is 23.9 Å². The lowest BCUT2D eigenvalue weighted by Crippen LogP contribution is -2.34. The van der Waals surface area contributed by atoms with E-state index >= 15 is 0 Å². The minimum absolute atomic E-state index is 0.263. The molecule has 17 heavy (non-hydrogen) atoms. The summed E-state index contributed by atoms with van der Waals surface area (Å²) in [5.41, 5.74) is 1.25. The molecular formula is C13H20ClN3. The van der Waals surface area contributed by atoms with Crippen molar-refractivity contribution in [3.05, 3.63) is 18.1 Å². The average molecular weight is 254 g/mol. The third-order valence-corrected chi connectivity index (χ3v) is 4.21. The topological polar surface area (TPSA) is 37.8 Å². The van der Waals surface area contributed by atoms with Gasteiger partial charge in [-0.3, -0.25) is 0 Å². The molecule has 2 rings (SSSR count). The van der Waals surface area contributed by atoms with Gasteiger partial charge in [0.1, 0.15) is 12.1 Å². The van der Waals surface area contributed by atoms with E-state index in [9.17, 15) is 0 Å². The predicted octanol–water partition coefficient (Wildman–Crippen LogP) is 3.39. The van der Waals surface area contributed by atoms with E-state index in [0.29, 0.717) is 0 Å². The van der Waals surface area contributed by atoms with Crippen molar-refractivity contribution in [1.82, 2.24) is 9.97 Å². The smallest absolute Gasteiger partial charge is 0.129 e. The van der Waals surface area contributed by atoms with Crippen LogP contribution in [0.15, 0.2) is 12.4 Å². The summed E-state index contributed by atoms with van der Waals surface area (Å²) >= 11 is 6.16. The number of anilines is 1. The van der Waals surface area contributed by atoms with Crippen molar-refractivity contribution in [3.63, 3.8) is 0 Å². The summed E-state index contributed by atoms with van der Waals surface area (Å²) in [6.07, 6.45) is 8.02. The van der Waals surface area contributed by atoms with Crippen molar-refractivity contribution in [2.75, 3.05) is 17.7 Å². The highest BCUT2D eigenvalue weighted by molar-refractivity contribution is 6.18. The molecule has 1 aromatic rings. The molecule has 4 heteroatoms. The summed E-state index contributed by atoms with van der Waals surface area (Å²) in [4.78, 5) is 8.32. The van der Waals surface area contributed by atoms with Crippen molar-refractivity contribution in [2.45, 2.75) is 39.0 Å². The molecule has 0 aromatic carbocycles. The van der Waals surface area contributed by atoms with Crippen LogP contribution in [0.2, 0.25) is 0 Å². The lowest BCUT2D eigenvalue weighted by atomic mass is 9.75. The molecule has 1 aliphatic carbocycles. The van der Waals surface area contributed by atoms with Gasteiger partial charge < -0.3 is 5.32 Å². The Morgan fingerprint density at radius 1 is 1.29 bits per heavy atom. The first-order valence-corrected chi connectivity index (χ1v) is 6.86. The summed E-state index contributed by atoms with van der Waals surface area (Å²) in [5, 5.41) is 3.41. The van der Waals surface area contributed by atoms with E-state index in [4.69, 9.17) is 11.6 Å². The van der Waals surface area contributed by atoms with Gasteiger partial charge in [0.15, 0.2) is 0 Å². The number of alkyl halides is 1. The third-order valence-electron chi connectivity index (χ3n) is 3.65. The van der Waals surface area contributed by atoms with Crippen molar-refractivity contribution in [3.8, 4) is 0 Å². The van der Waals surface area contributed by atoms with Crippen LogP contribution in [0.5, 0.6) is 0 Å². The maximum atomic E-state index is 6.16. The Kier molecular flexibility index (Phi) is 4.21. The fraction of sp³-hybridized carbons (Fsp3) is 0.692. The molecule has 1 saturated carbocycles. The molecule has 0 radical (unpaired) electrons. The monoisotopic (exact) mass is 253 g/mol. The number of hydrogen-bond acceptors (Lipinski definition) is 3. The molecule has 1 N–H and O–H groups in total. The molecule has 94 valence electrons. The molecule has 0 atom stereocenters. The molecule has 1 heterocycles. The van der Waals surface area contributed by atoms with Gasteiger partial charge in [-0.1, -0.05) is 19.3 Å². The predicted molar refractivity (Wildman–Crippen MR) is 71.5 cm³/mol. The number of nitrogens with one attached hydrogen (secondary N) is 1. The highest BCUT2D eigenvalue weighted by atomic mass is 35.5. The van der Waals surface area contributed by atoms with Crippen LogP contribution in [-0.4, -0.2) is 22.4 Å². The standard InChI is InChI=1S/C13H20ClN3/c1-11-7-12(17-10-16-11)15-9-13(8-14)5-3-2-4-6-13/h7,10H,2-6,8-9H2,1H3,(H,15,16,17). The van der Waals surface area contributed by atoms with E-state index in [1.807, 2.05) is 13.0 Å². The van der Waals surface area contributed by atoms with E-state index in [1.165, 1.54) is 32.1 Å². The van der Waals surface area contributed by atoms with Crippen LogP contribution >= 0.6 is 11.6 Å². The molecule has 1 fully saturated rings. The SMILES string of the molecule is Cc1cc(NCC2(CCl)CCCCC2)ncn1. The molecule has 1 aliphatic rings. The number of aromatic nitrogens is 2. The summed E-state index contributed by atoms with van der Waals surface area (Å²) < 4.78 is 0. The van der Waals surface area contributed by atoms with Crippen LogP contribution in [0, 0.1) is 12.3 Å². The highest BCUT2D eigenvalue weighted by Gasteiger charge is 2.30.